The monoisotopic (exact) mass is 482 g/mol. The number of hydrogen-bond acceptors (Lipinski definition) is 3. The van der Waals surface area contributed by atoms with Gasteiger partial charge in [-0.2, -0.15) is 22.0 Å². The number of alkyl halides is 5. The van der Waals surface area contributed by atoms with Crippen LogP contribution in [0.2, 0.25) is 0 Å². The molecule has 0 aliphatic carbocycles. The molecule has 0 saturated heterocycles. The van der Waals surface area contributed by atoms with E-state index in [0.29, 0.717) is 29.5 Å². The fraction of sp³-hybridized carbons (Fsp3) is 0.333. The minimum Gasteiger partial charge on any atom is -0.478 e. The van der Waals surface area contributed by atoms with Crippen molar-refractivity contribution in [2.24, 2.45) is 0 Å². The van der Waals surface area contributed by atoms with Crippen LogP contribution >= 0.6 is 0 Å². The summed E-state index contributed by atoms with van der Waals surface area (Å²) in [7, 11) is 0. The Morgan fingerprint density at radius 2 is 1.62 bits per heavy atom. The summed E-state index contributed by atoms with van der Waals surface area (Å²) in [5.74, 6) is -6.42. The largest absolute Gasteiger partial charge is 0.478 e. The third-order valence-electron chi connectivity index (χ3n) is 5.50. The first kappa shape index (κ1) is 25.4. The number of benzene rings is 2. The van der Waals surface area contributed by atoms with Gasteiger partial charge >= 0.3 is 18.1 Å². The van der Waals surface area contributed by atoms with Gasteiger partial charge in [-0.3, -0.25) is 0 Å². The van der Waals surface area contributed by atoms with Crippen molar-refractivity contribution < 1.29 is 37.0 Å². The van der Waals surface area contributed by atoms with Crippen molar-refractivity contribution >= 4 is 5.97 Å². The molecule has 2 aromatic carbocycles. The second-order valence-corrected chi connectivity index (χ2v) is 7.75. The highest BCUT2D eigenvalue weighted by Gasteiger charge is 2.61. The van der Waals surface area contributed by atoms with Crippen molar-refractivity contribution in [1.82, 2.24) is 9.55 Å². The minimum atomic E-state index is -5.88. The summed E-state index contributed by atoms with van der Waals surface area (Å²) in [6, 6.07) is 12.8. The minimum absolute atomic E-state index is 0.00820. The van der Waals surface area contributed by atoms with Gasteiger partial charge in [-0.25, -0.2) is 9.78 Å². The number of nitrogens with zero attached hydrogens (tertiary/aromatic N) is 2. The lowest BCUT2D eigenvalue weighted by Gasteiger charge is -2.19. The lowest BCUT2D eigenvalue weighted by Crippen LogP contribution is -2.35. The zero-order chi connectivity index (χ0) is 25.1. The maximum Gasteiger partial charge on any atom is 0.459 e. The van der Waals surface area contributed by atoms with Gasteiger partial charge in [-0.05, 0) is 29.2 Å². The first-order chi connectivity index (χ1) is 16.0. The Balaban J connectivity index is 2.19. The van der Waals surface area contributed by atoms with Crippen LogP contribution in [0.25, 0.3) is 11.1 Å². The van der Waals surface area contributed by atoms with Crippen LogP contribution in [0, 0.1) is 0 Å². The number of aromatic carboxylic acids is 1. The zero-order valence-corrected chi connectivity index (χ0v) is 18.2. The van der Waals surface area contributed by atoms with Crippen LogP contribution < -0.4 is 0 Å². The molecular formula is C24H23F5N2O3. The lowest BCUT2D eigenvalue weighted by atomic mass is 9.95. The van der Waals surface area contributed by atoms with Gasteiger partial charge in [0.1, 0.15) is 11.5 Å². The average Bonchev–Trinajstić information content (AvgIpc) is 3.15. The molecule has 0 aliphatic rings. The fourth-order valence-electron chi connectivity index (χ4n) is 3.79. The normalized spacial score (nSPS) is 12.2. The molecule has 1 heterocycles. The van der Waals surface area contributed by atoms with E-state index >= 15 is 0 Å². The van der Waals surface area contributed by atoms with Crippen LogP contribution in [0.15, 0.2) is 48.5 Å². The van der Waals surface area contributed by atoms with Crippen LogP contribution in [-0.4, -0.2) is 31.9 Å². The SMILES string of the molecule is CCCCc1nc(C(F)(F)C(F)(F)F)c(CO)n1Cc1ccccc1-c1ccccc1C(=O)O. The van der Waals surface area contributed by atoms with Crippen LogP contribution in [0.3, 0.4) is 0 Å². The Kier molecular flexibility index (Phi) is 7.40. The van der Waals surface area contributed by atoms with Crippen molar-refractivity contribution in [3.63, 3.8) is 0 Å². The van der Waals surface area contributed by atoms with E-state index in [9.17, 15) is 37.0 Å². The van der Waals surface area contributed by atoms with E-state index in [1.165, 1.54) is 10.6 Å². The molecule has 182 valence electrons. The molecule has 0 spiro atoms. The number of aryl methyl sites for hydroxylation is 1. The topological polar surface area (TPSA) is 75.4 Å². The zero-order valence-electron chi connectivity index (χ0n) is 18.2. The Morgan fingerprint density at radius 3 is 2.21 bits per heavy atom. The van der Waals surface area contributed by atoms with Crippen molar-refractivity contribution in [2.45, 2.75) is 51.4 Å². The van der Waals surface area contributed by atoms with Crippen LogP contribution in [0.5, 0.6) is 0 Å². The van der Waals surface area contributed by atoms with Crippen LogP contribution in [0.4, 0.5) is 22.0 Å². The second kappa shape index (κ2) is 9.92. The van der Waals surface area contributed by atoms with Crippen molar-refractivity contribution in [1.29, 1.82) is 0 Å². The molecule has 5 nitrogen and oxygen atoms in total. The molecule has 0 aliphatic heterocycles. The lowest BCUT2D eigenvalue weighted by molar-refractivity contribution is -0.291. The summed E-state index contributed by atoms with van der Waals surface area (Å²) in [4.78, 5) is 15.3. The molecule has 34 heavy (non-hydrogen) atoms. The average molecular weight is 482 g/mol. The Bertz CT molecular complexity index is 1170. The van der Waals surface area contributed by atoms with Gasteiger partial charge in [-0.1, -0.05) is 55.8 Å². The maximum atomic E-state index is 14.3. The molecule has 0 amide bonds. The quantitative estimate of drug-likeness (QED) is 0.379. The maximum absolute atomic E-state index is 14.3. The number of hydrogen-bond donors (Lipinski definition) is 2. The smallest absolute Gasteiger partial charge is 0.459 e. The van der Waals surface area contributed by atoms with Crippen LogP contribution in [-0.2, 0) is 25.5 Å². The summed E-state index contributed by atoms with van der Waals surface area (Å²) in [5.41, 5.74) is -0.816. The molecule has 0 saturated carbocycles. The van der Waals surface area contributed by atoms with Crippen molar-refractivity contribution in [2.75, 3.05) is 0 Å². The standard InChI is InChI=1S/C24H23F5N2O3/c1-2-3-12-20-30-21(23(25,26)24(27,28)29)19(14-32)31(20)13-15-8-4-5-9-16(15)17-10-6-7-11-18(17)22(33)34/h4-11,32H,2-3,12-14H2,1H3,(H,33,34). The molecule has 0 radical (unpaired) electrons. The second-order valence-electron chi connectivity index (χ2n) is 7.75. The van der Waals surface area contributed by atoms with Gasteiger partial charge < -0.3 is 14.8 Å². The highest BCUT2D eigenvalue weighted by atomic mass is 19.4. The van der Waals surface area contributed by atoms with E-state index in [1.807, 2.05) is 6.92 Å². The number of imidazole rings is 1. The molecule has 3 rings (SSSR count). The molecule has 10 heteroatoms. The first-order valence-corrected chi connectivity index (χ1v) is 10.6. The van der Waals surface area contributed by atoms with E-state index < -0.39 is 36.1 Å². The summed E-state index contributed by atoms with van der Waals surface area (Å²) >= 11 is 0. The molecule has 3 aromatic rings. The Hall–Kier alpha value is -3.27. The van der Waals surface area contributed by atoms with E-state index in [-0.39, 0.29) is 24.4 Å². The number of carboxylic acids is 1. The number of aromatic nitrogens is 2. The number of carbonyl (C=O) groups is 1. The fourth-order valence-corrected chi connectivity index (χ4v) is 3.79. The molecule has 0 atom stereocenters. The summed E-state index contributed by atoms with van der Waals surface area (Å²) in [6.45, 7) is 0.581. The van der Waals surface area contributed by atoms with Gasteiger partial charge in [0.2, 0.25) is 0 Å². The number of unbranched alkanes of at least 4 members (excludes halogenated alkanes) is 1. The van der Waals surface area contributed by atoms with Crippen molar-refractivity contribution in [3.8, 4) is 11.1 Å². The van der Waals surface area contributed by atoms with E-state index in [2.05, 4.69) is 4.98 Å². The molecule has 0 unspecified atom stereocenters. The number of carboxylic acid groups (broad SMARTS) is 1. The predicted octanol–water partition coefficient (Wildman–Crippen LogP) is 5.79. The molecule has 2 N–H and O–H groups in total. The molecular weight excluding hydrogens is 459 g/mol. The Morgan fingerprint density at radius 1 is 1.00 bits per heavy atom. The number of aliphatic hydroxyl groups is 1. The Labute approximate surface area is 192 Å². The van der Waals surface area contributed by atoms with E-state index in [4.69, 9.17) is 0 Å². The molecule has 1 aromatic heterocycles. The van der Waals surface area contributed by atoms with Gasteiger partial charge in [0.05, 0.1) is 17.9 Å². The van der Waals surface area contributed by atoms with Gasteiger partial charge in [-0.15, -0.1) is 0 Å². The highest BCUT2D eigenvalue weighted by Crippen LogP contribution is 2.45. The third-order valence-corrected chi connectivity index (χ3v) is 5.50. The summed E-state index contributed by atoms with van der Waals surface area (Å²) in [6.07, 6.45) is -4.61. The van der Waals surface area contributed by atoms with Gasteiger partial charge in [0.15, 0.2) is 0 Å². The number of halogens is 5. The van der Waals surface area contributed by atoms with Gasteiger partial charge in [0, 0.05) is 13.0 Å². The first-order valence-electron chi connectivity index (χ1n) is 10.6. The van der Waals surface area contributed by atoms with E-state index in [0.717, 1.165) is 0 Å². The van der Waals surface area contributed by atoms with Crippen LogP contribution in [0.1, 0.15) is 52.9 Å². The number of aliphatic hydroxyl groups excluding tert-OH is 1. The highest BCUT2D eigenvalue weighted by molar-refractivity contribution is 5.96. The third kappa shape index (κ3) is 4.82. The number of rotatable bonds is 9. The van der Waals surface area contributed by atoms with Gasteiger partial charge in [0.25, 0.3) is 0 Å². The summed E-state index contributed by atoms with van der Waals surface area (Å²) in [5, 5.41) is 19.4. The van der Waals surface area contributed by atoms with Crippen molar-refractivity contribution in [3.05, 3.63) is 76.9 Å². The predicted molar refractivity (Wildman–Crippen MR) is 115 cm³/mol. The summed E-state index contributed by atoms with van der Waals surface area (Å²) < 4.78 is 69.1. The molecule has 0 bridgehead atoms. The molecule has 0 fully saturated rings. The van der Waals surface area contributed by atoms with E-state index in [1.54, 1.807) is 42.5 Å².